The Labute approximate surface area is 117 Å². The van der Waals surface area contributed by atoms with Gasteiger partial charge in [0.25, 0.3) is 0 Å². The molecule has 2 rings (SSSR count). The highest BCUT2D eigenvalue weighted by molar-refractivity contribution is 7.22. The highest BCUT2D eigenvalue weighted by Crippen LogP contribution is 2.26. The van der Waals surface area contributed by atoms with Crippen molar-refractivity contribution in [1.29, 1.82) is 0 Å². The van der Waals surface area contributed by atoms with Crippen molar-refractivity contribution in [1.82, 2.24) is 9.88 Å². The first kappa shape index (κ1) is 14.2. The largest absolute Gasteiger partial charge is 0.361 e. The maximum absolute atomic E-state index is 13.1. The van der Waals surface area contributed by atoms with Crippen molar-refractivity contribution in [2.24, 2.45) is 0 Å². The van der Waals surface area contributed by atoms with Gasteiger partial charge in [0.05, 0.1) is 10.2 Å². The summed E-state index contributed by atoms with van der Waals surface area (Å²) in [7, 11) is 2.13. The minimum atomic E-state index is -0.207. The molecule has 5 heteroatoms. The smallest absolute Gasteiger partial charge is 0.183 e. The van der Waals surface area contributed by atoms with Crippen LogP contribution in [0.3, 0.4) is 0 Å². The fourth-order valence-corrected chi connectivity index (χ4v) is 2.67. The molecule has 0 aliphatic heterocycles. The summed E-state index contributed by atoms with van der Waals surface area (Å²) in [5.74, 6) is -0.207. The van der Waals surface area contributed by atoms with E-state index in [1.807, 2.05) is 0 Å². The van der Waals surface area contributed by atoms with Gasteiger partial charge in [0, 0.05) is 12.6 Å². The number of nitrogens with zero attached hydrogens (tertiary/aromatic N) is 2. The van der Waals surface area contributed by atoms with Crippen molar-refractivity contribution < 1.29 is 4.39 Å². The number of halogens is 1. The van der Waals surface area contributed by atoms with Gasteiger partial charge in [0.2, 0.25) is 0 Å². The van der Waals surface area contributed by atoms with Crippen LogP contribution in [-0.2, 0) is 0 Å². The van der Waals surface area contributed by atoms with Gasteiger partial charge in [-0.1, -0.05) is 11.3 Å². The monoisotopic (exact) mass is 281 g/mol. The van der Waals surface area contributed by atoms with Gasteiger partial charge >= 0.3 is 0 Å². The SMILES string of the molecule is CC(C)N(C)CCCNc1nc2ccc(F)cc2s1. The maximum atomic E-state index is 13.1. The molecule has 0 bridgehead atoms. The zero-order chi connectivity index (χ0) is 13.8. The number of hydrogen-bond donors (Lipinski definition) is 1. The molecule has 0 spiro atoms. The van der Waals surface area contributed by atoms with E-state index >= 15 is 0 Å². The van der Waals surface area contributed by atoms with Crippen molar-refractivity contribution in [3.63, 3.8) is 0 Å². The second-order valence-electron chi connectivity index (χ2n) is 4.99. The summed E-state index contributed by atoms with van der Waals surface area (Å²) in [6, 6.07) is 5.28. The lowest BCUT2D eigenvalue weighted by Gasteiger charge is -2.20. The Morgan fingerprint density at radius 3 is 2.95 bits per heavy atom. The Morgan fingerprint density at radius 1 is 1.42 bits per heavy atom. The fourth-order valence-electron chi connectivity index (χ4n) is 1.76. The molecule has 1 aromatic carbocycles. The third kappa shape index (κ3) is 3.88. The summed E-state index contributed by atoms with van der Waals surface area (Å²) in [5, 5.41) is 4.17. The molecule has 0 fully saturated rings. The molecular formula is C14H20FN3S. The first-order valence-corrected chi connectivity index (χ1v) is 7.38. The quantitative estimate of drug-likeness (QED) is 0.820. The van der Waals surface area contributed by atoms with E-state index in [2.05, 4.69) is 36.1 Å². The molecule has 0 unspecified atom stereocenters. The van der Waals surface area contributed by atoms with Gasteiger partial charge in [-0.15, -0.1) is 0 Å². The highest BCUT2D eigenvalue weighted by atomic mass is 32.1. The molecule has 1 heterocycles. The predicted molar refractivity (Wildman–Crippen MR) is 80.5 cm³/mol. The van der Waals surface area contributed by atoms with E-state index in [0.29, 0.717) is 6.04 Å². The maximum Gasteiger partial charge on any atom is 0.183 e. The van der Waals surface area contributed by atoms with Crippen LogP contribution >= 0.6 is 11.3 Å². The summed E-state index contributed by atoms with van der Waals surface area (Å²) in [5.41, 5.74) is 0.855. The third-order valence-corrected chi connectivity index (χ3v) is 4.17. The molecule has 104 valence electrons. The molecule has 0 radical (unpaired) electrons. The van der Waals surface area contributed by atoms with Gasteiger partial charge in [-0.25, -0.2) is 9.37 Å². The second-order valence-corrected chi connectivity index (χ2v) is 6.02. The number of anilines is 1. The number of rotatable bonds is 6. The summed E-state index contributed by atoms with van der Waals surface area (Å²) in [4.78, 5) is 6.75. The Kier molecular flexibility index (Phi) is 4.71. The molecular weight excluding hydrogens is 261 g/mol. The van der Waals surface area contributed by atoms with Crippen LogP contribution in [0.2, 0.25) is 0 Å². The molecule has 19 heavy (non-hydrogen) atoms. The van der Waals surface area contributed by atoms with Crippen molar-refractivity contribution in [3.8, 4) is 0 Å². The molecule has 0 amide bonds. The topological polar surface area (TPSA) is 28.2 Å². The predicted octanol–water partition coefficient (Wildman–Crippen LogP) is 3.58. The number of nitrogens with one attached hydrogen (secondary N) is 1. The first-order chi connectivity index (χ1) is 9.06. The molecule has 0 atom stereocenters. The van der Waals surface area contributed by atoms with Crippen molar-refractivity contribution in [2.45, 2.75) is 26.3 Å². The van der Waals surface area contributed by atoms with Crippen molar-refractivity contribution >= 4 is 26.7 Å². The lowest BCUT2D eigenvalue weighted by Crippen LogP contribution is -2.28. The van der Waals surface area contributed by atoms with Gasteiger partial charge < -0.3 is 10.2 Å². The van der Waals surface area contributed by atoms with Crippen LogP contribution in [0.5, 0.6) is 0 Å². The molecule has 3 nitrogen and oxygen atoms in total. The molecule has 1 aromatic heterocycles. The minimum absolute atomic E-state index is 0.207. The molecule has 0 saturated carbocycles. The van der Waals surface area contributed by atoms with E-state index < -0.39 is 0 Å². The first-order valence-electron chi connectivity index (χ1n) is 6.56. The standard InChI is InChI=1S/C14H20FN3S/c1-10(2)18(3)8-4-7-16-14-17-12-6-5-11(15)9-13(12)19-14/h5-6,9-10H,4,7-8H2,1-3H3,(H,16,17). The second kappa shape index (κ2) is 6.30. The van der Waals surface area contributed by atoms with E-state index in [9.17, 15) is 4.39 Å². The Balaban J connectivity index is 1.85. The van der Waals surface area contributed by atoms with Crippen LogP contribution in [0.25, 0.3) is 10.2 Å². The number of hydrogen-bond acceptors (Lipinski definition) is 4. The summed E-state index contributed by atoms with van der Waals surface area (Å²) < 4.78 is 14.0. The lowest BCUT2D eigenvalue weighted by molar-refractivity contribution is 0.273. The third-order valence-electron chi connectivity index (χ3n) is 3.20. The number of thiazole rings is 1. The number of aromatic nitrogens is 1. The molecule has 0 aliphatic carbocycles. The van der Waals surface area contributed by atoms with Crippen molar-refractivity contribution in [2.75, 3.05) is 25.5 Å². The Hall–Kier alpha value is -1.20. The van der Waals surface area contributed by atoms with Crippen LogP contribution < -0.4 is 5.32 Å². The van der Waals surface area contributed by atoms with E-state index in [-0.39, 0.29) is 5.82 Å². The highest BCUT2D eigenvalue weighted by Gasteiger charge is 2.05. The van der Waals surface area contributed by atoms with Crippen molar-refractivity contribution in [3.05, 3.63) is 24.0 Å². The molecule has 2 aromatic rings. The summed E-state index contributed by atoms with van der Waals surface area (Å²) in [6.45, 7) is 6.33. The van der Waals surface area contributed by atoms with Gasteiger partial charge in [-0.05, 0) is 52.1 Å². The molecule has 1 N–H and O–H groups in total. The summed E-state index contributed by atoms with van der Waals surface area (Å²) >= 11 is 1.50. The average molecular weight is 281 g/mol. The fraction of sp³-hybridized carbons (Fsp3) is 0.500. The normalized spacial score (nSPS) is 11.7. The van der Waals surface area contributed by atoms with Crippen LogP contribution in [-0.4, -0.2) is 36.1 Å². The van der Waals surface area contributed by atoms with Crippen LogP contribution in [0.1, 0.15) is 20.3 Å². The summed E-state index contributed by atoms with van der Waals surface area (Å²) in [6.07, 6.45) is 1.07. The Bertz CT molecular complexity index is 538. The zero-order valence-corrected chi connectivity index (χ0v) is 12.4. The van der Waals surface area contributed by atoms with E-state index in [1.165, 1.54) is 23.5 Å². The van der Waals surface area contributed by atoms with Crippen LogP contribution in [0.15, 0.2) is 18.2 Å². The molecule has 0 saturated heterocycles. The van der Waals surface area contributed by atoms with Crippen LogP contribution in [0.4, 0.5) is 9.52 Å². The van der Waals surface area contributed by atoms with E-state index in [0.717, 1.165) is 34.9 Å². The van der Waals surface area contributed by atoms with Gasteiger partial charge in [0.1, 0.15) is 5.82 Å². The zero-order valence-electron chi connectivity index (χ0n) is 11.6. The average Bonchev–Trinajstić information content (AvgIpc) is 2.75. The molecule has 0 aliphatic rings. The van der Waals surface area contributed by atoms with Gasteiger partial charge in [0.15, 0.2) is 5.13 Å². The van der Waals surface area contributed by atoms with E-state index in [1.54, 1.807) is 6.07 Å². The van der Waals surface area contributed by atoms with Gasteiger partial charge in [-0.2, -0.15) is 0 Å². The lowest BCUT2D eigenvalue weighted by atomic mass is 10.3. The number of fused-ring (bicyclic) bond motifs is 1. The van der Waals surface area contributed by atoms with Gasteiger partial charge in [-0.3, -0.25) is 0 Å². The number of benzene rings is 1. The minimum Gasteiger partial charge on any atom is -0.361 e. The Morgan fingerprint density at radius 2 is 2.21 bits per heavy atom. The van der Waals surface area contributed by atoms with Crippen LogP contribution in [0, 0.1) is 5.82 Å². The van der Waals surface area contributed by atoms with E-state index in [4.69, 9.17) is 0 Å².